The number of carbonyl (C=O) groups is 2. The van der Waals surface area contributed by atoms with Crippen LogP contribution in [0.5, 0.6) is 5.75 Å². The Kier molecular flexibility index (Phi) is 8.86. The quantitative estimate of drug-likeness (QED) is 0.380. The summed E-state index contributed by atoms with van der Waals surface area (Å²) >= 11 is 7.65. The molecule has 0 heterocycles. The summed E-state index contributed by atoms with van der Waals surface area (Å²) in [6.07, 6.45) is 0.828. The highest BCUT2D eigenvalue weighted by Crippen LogP contribution is 2.22. The second kappa shape index (κ2) is 11.4. The predicted octanol–water partition coefficient (Wildman–Crippen LogP) is 3.56. The van der Waals surface area contributed by atoms with Crippen molar-refractivity contribution in [1.82, 2.24) is 5.32 Å². The lowest BCUT2D eigenvalue weighted by Crippen LogP contribution is -2.30. The van der Waals surface area contributed by atoms with Gasteiger partial charge in [0.25, 0.3) is 5.91 Å². The number of amides is 1. The molecular formula is C19H20ClNO4S. The summed E-state index contributed by atoms with van der Waals surface area (Å²) in [5.74, 6) is 0.336. The molecule has 0 saturated carbocycles. The number of esters is 1. The van der Waals surface area contributed by atoms with E-state index in [2.05, 4.69) is 5.32 Å². The third-order valence-corrected chi connectivity index (χ3v) is 4.61. The van der Waals surface area contributed by atoms with Gasteiger partial charge in [-0.15, -0.1) is 11.8 Å². The van der Waals surface area contributed by atoms with Gasteiger partial charge in [-0.25, -0.2) is 4.79 Å². The lowest BCUT2D eigenvalue weighted by atomic mass is 10.3. The summed E-state index contributed by atoms with van der Waals surface area (Å²) < 4.78 is 10.1. The molecule has 26 heavy (non-hydrogen) atoms. The first-order valence-electron chi connectivity index (χ1n) is 8.12. The van der Waals surface area contributed by atoms with Gasteiger partial charge in [-0.1, -0.05) is 41.9 Å². The zero-order valence-corrected chi connectivity index (χ0v) is 15.7. The van der Waals surface area contributed by atoms with Crippen molar-refractivity contribution in [2.75, 3.05) is 25.5 Å². The van der Waals surface area contributed by atoms with Gasteiger partial charge in [0.05, 0.1) is 5.02 Å². The molecular weight excluding hydrogens is 374 g/mol. The molecule has 0 saturated heterocycles. The third kappa shape index (κ3) is 7.80. The normalized spacial score (nSPS) is 10.2. The van der Waals surface area contributed by atoms with E-state index in [1.807, 2.05) is 30.3 Å². The van der Waals surface area contributed by atoms with Crippen LogP contribution in [0.25, 0.3) is 0 Å². The molecule has 1 amide bonds. The van der Waals surface area contributed by atoms with E-state index in [-0.39, 0.29) is 19.1 Å². The van der Waals surface area contributed by atoms with Crippen LogP contribution >= 0.6 is 23.4 Å². The van der Waals surface area contributed by atoms with Gasteiger partial charge in [-0.05, 0) is 36.4 Å². The summed E-state index contributed by atoms with van der Waals surface area (Å²) in [5, 5.41) is 3.12. The van der Waals surface area contributed by atoms with Crippen LogP contribution in [0.3, 0.4) is 0 Å². The maximum absolute atomic E-state index is 11.7. The van der Waals surface area contributed by atoms with Crippen molar-refractivity contribution in [3.8, 4) is 5.75 Å². The highest BCUT2D eigenvalue weighted by molar-refractivity contribution is 7.99. The minimum Gasteiger partial charge on any atom is -0.480 e. The molecule has 138 valence electrons. The van der Waals surface area contributed by atoms with Gasteiger partial charge in [0.15, 0.2) is 13.2 Å². The second-order valence-corrected chi connectivity index (χ2v) is 6.82. The number of ether oxygens (including phenoxy) is 2. The molecule has 0 radical (unpaired) electrons. The van der Waals surface area contributed by atoms with Crippen LogP contribution in [0, 0.1) is 0 Å². The highest BCUT2D eigenvalue weighted by atomic mass is 35.5. The number of thioether (sulfide) groups is 1. The minimum absolute atomic E-state index is 0.301. The summed E-state index contributed by atoms with van der Waals surface area (Å²) in [6, 6.07) is 16.9. The van der Waals surface area contributed by atoms with Crippen molar-refractivity contribution in [1.29, 1.82) is 0 Å². The Hall–Kier alpha value is -2.18. The van der Waals surface area contributed by atoms with E-state index in [1.54, 1.807) is 36.0 Å². The SMILES string of the molecule is O=C(COC(=O)COc1ccccc1Cl)NCCCSc1ccccc1. The highest BCUT2D eigenvalue weighted by Gasteiger charge is 2.09. The molecule has 0 atom stereocenters. The number of hydrogen-bond acceptors (Lipinski definition) is 5. The van der Waals surface area contributed by atoms with Crippen LogP contribution in [0.2, 0.25) is 5.02 Å². The van der Waals surface area contributed by atoms with E-state index in [4.69, 9.17) is 21.1 Å². The van der Waals surface area contributed by atoms with Gasteiger partial charge in [0.1, 0.15) is 5.75 Å². The largest absolute Gasteiger partial charge is 0.480 e. The molecule has 0 aliphatic heterocycles. The molecule has 7 heteroatoms. The van der Waals surface area contributed by atoms with Crippen LogP contribution in [-0.4, -0.2) is 37.4 Å². The van der Waals surface area contributed by atoms with Crippen LogP contribution < -0.4 is 10.1 Å². The topological polar surface area (TPSA) is 64.6 Å². The van der Waals surface area contributed by atoms with Gasteiger partial charge >= 0.3 is 5.97 Å². The van der Waals surface area contributed by atoms with E-state index in [1.165, 1.54) is 4.90 Å². The van der Waals surface area contributed by atoms with E-state index >= 15 is 0 Å². The fourth-order valence-electron chi connectivity index (χ4n) is 1.94. The van der Waals surface area contributed by atoms with Crippen LogP contribution in [0.4, 0.5) is 0 Å². The van der Waals surface area contributed by atoms with E-state index < -0.39 is 5.97 Å². The monoisotopic (exact) mass is 393 g/mol. The molecule has 0 aromatic heterocycles. The lowest BCUT2D eigenvalue weighted by molar-refractivity contribution is -0.150. The number of para-hydroxylation sites is 1. The first-order valence-corrected chi connectivity index (χ1v) is 9.49. The minimum atomic E-state index is -0.625. The summed E-state index contributed by atoms with van der Waals surface area (Å²) in [7, 11) is 0. The Labute approximate surface area is 162 Å². The van der Waals surface area contributed by atoms with Crippen LogP contribution in [0.15, 0.2) is 59.5 Å². The molecule has 0 aliphatic rings. The maximum Gasteiger partial charge on any atom is 0.344 e. The predicted molar refractivity (Wildman–Crippen MR) is 103 cm³/mol. The van der Waals surface area contributed by atoms with Crippen molar-refractivity contribution in [2.24, 2.45) is 0 Å². The fraction of sp³-hybridized carbons (Fsp3) is 0.263. The first kappa shape index (κ1) is 20.1. The molecule has 2 aromatic carbocycles. The number of nitrogens with one attached hydrogen (secondary N) is 1. The Morgan fingerprint density at radius 3 is 2.50 bits per heavy atom. The molecule has 0 spiro atoms. The molecule has 2 rings (SSSR count). The molecule has 0 fully saturated rings. The van der Waals surface area contributed by atoms with Crippen molar-refractivity contribution >= 4 is 35.2 Å². The molecule has 0 unspecified atom stereocenters. The van der Waals surface area contributed by atoms with Crippen LogP contribution in [-0.2, 0) is 14.3 Å². The maximum atomic E-state index is 11.7. The Bertz CT molecular complexity index is 712. The zero-order valence-electron chi connectivity index (χ0n) is 14.2. The third-order valence-electron chi connectivity index (χ3n) is 3.20. The van der Waals surface area contributed by atoms with Gasteiger partial charge in [0, 0.05) is 11.4 Å². The smallest absolute Gasteiger partial charge is 0.344 e. The molecule has 0 aliphatic carbocycles. The van der Waals surface area contributed by atoms with Crippen molar-refractivity contribution in [3.05, 3.63) is 59.6 Å². The molecule has 5 nitrogen and oxygen atoms in total. The Morgan fingerprint density at radius 1 is 1.00 bits per heavy atom. The second-order valence-electron chi connectivity index (χ2n) is 5.24. The van der Waals surface area contributed by atoms with Crippen molar-refractivity contribution < 1.29 is 19.1 Å². The number of carbonyl (C=O) groups excluding carboxylic acids is 2. The molecule has 1 N–H and O–H groups in total. The Morgan fingerprint density at radius 2 is 1.73 bits per heavy atom. The first-order chi connectivity index (χ1) is 12.6. The van der Waals surface area contributed by atoms with E-state index in [0.717, 1.165) is 12.2 Å². The number of halogens is 1. The zero-order chi connectivity index (χ0) is 18.6. The Balaban J connectivity index is 1.52. The van der Waals surface area contributed by atoms with Crippen LogP contribution in [0.1, 0.15) is 6.42 Å². The summed E-state index contributed by atoms with van der Waals surface area (Å²) in [6.45, 7) is -0.0897. The van der Waals surface area contributed by atoms with Gasteiger partial charge in [-0.3, -0.25) is 4.79 Å². The molecule has 2 aromatic rings. The van der Waals surface area contributed by atoms with E-state index in [9.17, 15) is 9.59 Å². The summed E-state index contributed by atoms with van der Waals surface area (Å²) in [5.41, 5.74) is 0. The number of rotatable bonds is 10. The van der Waals surface area contributed by atoms with E-state index in [0.29, 0.717) is 17.3 Å². The standard InChI is InChI=1S/C19H20ClNO4S/c20-16-9-4-5-10-17(16)24-14-19(23)25-13-18(22)21-11-6-12-26-15-7-2-1-3-8-15/h1-5,7-10H,6,11-14H2,(H,21,22). The molecule has 0 bridgehead atoms. The van der Waals surface area contributed by atoms with Crippen molar-refractivity contribution in [3.63, 3.8) is 0 Å². The summed E-state index contributed by atoms with van der Waals surface area (Å²) in [4.78, 5) is 24.4. The average molecular weight is 394 g/mol. The average Bonchev–Trinajstić information content (AvgIpc) is 2.66. The van der Waals surface area contributed by atoms with Crippen molar-refractivity contribution in [2.45, 2.75) is 11.3 Å². The lowest BCUT2D eigenvalue weighted by Gasteiger charge is -2.08. The number of benzene rings is 2. The van der Waals surface area contributed by atoms with Gasteiger partial charge in [0.2, 0.25) is 0 Å². The van der Waals surface area contributed by atoms with Gasteiger partial charge < -0.3 is 14.8 Å². The fourth-order valence-corrected chi connectivity index (χ4v) is 3.01. The number of hydrogen-bond donors (Lipinski definition) is 1. The van der Waals surface area contributed by atoms with Gasteiger partial charge in [-0.2, -0.15) is 0 Å².